The van der Waals surface area contributed by atoms with Crippen LogP contribution in [-0.2, 0) is 0 Å². The van der Waals surface area contributed by atoms with Crippen LogP contribution in [-0.4, -0.2) is 5.71 Å². The fraction of sp³-hybridized carbons (Fsp3) is 0.0741. The zero-order valence-electron chi connectivity index (χ0n) is 16.3. The third kappa shape index (κ3) is 3.79. The zero-order chi connectivity index (χ0) is 19.3. The number of benzene rings is 4. The van der Waals surface area contributed by atoms with E-state index in [0.29, 0.717) is 0 Å². The molecule has 0 aromatic heterocycles. The van der Waals surface area contributed by atoms with Gasteiger partial charge in [-0.15, -0.1) is 0 Å². The molecule has 1 nitrogen and oxygen atoms in total. The molecule has 0 bridgehead atoms. The summed E-state index contributed by atoms with van der Waals surface area (Å²) in [5, 5.41) is 0. The molecule has 0 unspecified atom stereocenters. The Morgan fingerprint density at radius 1 is 0.571 bits per heavy atom. The lowest BCUT2D eigenvalue weighted by Crippen LogP contribution is -2.01. The number of nitrogens with zero attached hydrogens (tertiary/aromatic N) is 1. The van der Waals surface area contributed by atoms with E-state index in [2.05, 4.69) is 117 Å². The molecule has 0 spiro atoms. The molecule has 0 atom stereocenters. The van der Waals surface area contributed by atoms with Gasteiger partial charge in [0, 0.05) is 11.3 Å². The summed E-state index contributed by atoms with van der Waals surface area (Å²) in [5.41, 5.74) is 9.23. The Morgan fingerprint density at radius 3 is 1.57 bits per heavy atom. The maximum Gasteiger partial charge on any atom is 0.0633 e. The first-order valence-electron chi connectivity index (χ1n) is 9.58. The summed E-state index contributed by atoms with van der Waals surface area (Å²) in [6.07, 6.45) is 0. The fourth-order valence-electron chi connectivity index (χ4n) is 3.53. The van der Waals surface area contributed by atoms with Crippen LogP contribution in [0.1, 0.15) is 18.1 Å². The summed E-state index contributed by atoms with van der Waals surface area (Å²) in [6.45, 7) is 4.20. The summed E-state index contributed by atoms with van der Waals surface area (Å²) < 4.78 is 0. The van der Waals surface area contributed by atoms with Crippen molar-refractivity contribution < 1.29 is 0 Å². The maximum atomic E-state index is 4.96. The maximum absolute atomic E-state index is 4.96. The van der Waals surface area contributed by atoms with Crippen molar-refractivity contribution >= 4 is 11.4 Å². The Kier molecular flexibility index (Phi) is 5.16. The second kappa shape index (κ2) is 8.06. The van der Waals surface area contributed by atoms with Crippen LogP contribution < -0.4 is 0 Å². The van der Waals surface area contributed by atoms with E-state index >= 15 is 0 Å². The van der Waals surface area contributed by atoms with E-state index in [4.69, 9.17) is 4.99 Å². The van der Waals surface area contributed by atoms with Gasteiger partial charge in [-0.2, -0.15) is 0 Å². The molecule has 0 fully saturated rings. The van der Waals surface area contributed by atoms with Gasteiger partial charge in [-0.1, -0.05) is 96.6 Å². The molecule has 0 amide bonds. The first-order valence-corrected chi connectivity index (χ1v) is 9.58. The standard InChI is InChI=1S/C27H23N/c1-20-16-18-24(19-17-20)28-21(2)27-25(22-10-5-3-6-11-22)14-9-15-26(27)23-12-7-4-8-13-23/h3-19H,1-2H3. The summed E-state index contributed by atoms with van der Waals surface area (Å²) in [5.74, 6) is 0. The smallest absolute Gasteiger partial charge is 0.0633 e. The molecule has 0 N–H and O–H groups in total. The lowest BCUT2D eigenvalue weighted by Gasteiger charge is -2.16. The van der Waals surface area contributed by atoms with Gasteiger partial charge in [0.15, 0.2) is 0 Å². The molecule has 136 valence electrons. The van der Waals surface area contributed by atoms with E-state index in [1.807, 2.05) is 0 Å². The third-order valence-electron chi connectivity index (χ3n) is 4.93. The highest BCUT2D eigenvalue weighted by atomic mass is 14.7. The highest BCUT2D eigenvalue weighted by Crippen LogP contribution is 2.33. The quantitative estimate of drug-likeness (QED) is 0.334. The van der Waals surface area contributed by atoms with Gasteiger partial charge in [0.2, 0.25) is 0 Å². The van der Waals surface area contributed by atoms with Crippen molar-refractivity contribution in [2.24, 2.45) is 4.99 Å². The van der Waals surface area contributed by atoms with E-state index in [1.165, 1.54) is 33.4 Å². The molecular formula is C27H23N. The Balaban J connectivity index is 1.93. The van der Waals surface area contributed by atoms with Gasteiger partial charge >= 0.3 is 0 Å². The van der Waals surface area contributed by atoms with E-state index in [9.17, 15) is 0 Å². The lowest BCUT2D eigenvalue weighted by atomic mass is 9.89. The summed E-state index contributed by atoms with van der Waals surface area (Å²) in [6, 6.07) is 35.9. The summed E-state index contributed by atoms with van der Waals surface area (Å²) in [7, 11) is 0. The van der Waals surface area contributed by atoms with Crippen LogP contribution in [0.25, 0.3) is 22.3 Å². The van der Waals surface area contributed by atoms with Crippen LogP contribution in [0.4, 0.5) is 5.69 Å². The number of aryl methyl sites for hydroxylation is 1. The van der Waals surface area contributed by atoms with Crippen LogP contribution >= 0.6 is 0 Å². The average Bonchev–Trinajstić information content (AvgIpc) is 2.76. The zero-order valence-corrected chi connectivity index (χ0v) is 16.3. The predicted octanol–water partition coefficient (Wildman–Crippen LogP) is 7.47. The topological polar surface area (TPSA) is 12.4 Å². The minimum absolute atomic E-state index is 0.977. The SMILES string of the molecule is CC(=Nc1ccc(C)cc1)c1c(-c2ccccc2)cccc1-c1ccccc1. The minimum Gasteiger partial charge on any atom is -0.253 e. The van der Waals surface area contributed by atoms with Gasteiger partial charge in [-0.05, 0) is 48.2 Å². The molecule has 0 aliphatic heterocycles. The van der Waals surface area contributed by atoms with Crippen molar-refractivity contribution in [3.8, 4) is 22.3 Å². The lowest BCUT2D eigenvalue weighted by molar-refractivity contribution is 1.42. The second-order valence-electron chi connectivity index (χ2n) is 6.99. The van der Waals surface area contributed by atoms with Crippen molar-refractivity contribution in [1.82, 2.24) is 0 Å². The highest BCUT2D eigenvalue weighted by molar-refractivity contribution is 6.10. The number of aliphatic imine (C=N–C) groups is 1. The Labute approximate surface area is 167 Å². The number of hydrogen-bond acceptors (Lipinski definition) is 1. The van der Waals surface area contributed by atoms with Crippen LogP contribution in [0.15, 0.2) is 108 Å². The highest BCUT2D eigenvalue weighted by Gasteiger charge is 2.14. The van der Waals surface area contributed by atoms with Crippen molar-refractivity contribution in [3.05, 3.63) is 114 Å². The first kappa shape index (κ1) is 17.9. The molecule has 1 heteroatoms. The van der Waals surface area contributed by atoms with Crippen molar-refractivity contribution in [3.63, 3.8) is 0 Å². The van der Waals surface area contributed by atoms with Crippen molar-refractivity contribution in [2.75, 3.05) is 0 Å². The van der Waals surface area contributed by atoms with Crippen LogP contribution in [0.5, 0.6) is 0 Å². The van der Waals surface area contributed by atoms with Crippen LogP contribution in [0.3, 0.4) is 0 Å². The molecule has 28 heavy (non-hydrogen) atoms. The molecule has 0 saturated carbocycles. The third-order valence-corrected chi connectivity index (χ3v) is 4.93. The predicted molar refractivity (Wildman–Crippen MR) is 120 cm³/mol. The van der Waals surface area contributed by atoms with Crippen molar-refractivity contribution in [2.45, 2.75) is 13.8 Å². The Bertz CT molecular complexity index is 1030. The van der Waals surface area contributed by atoms with E-state index in [0.717, 1.165) is 11.4 Å². The van der Waals surface area contributed by atoms with E-state index in [1.54, 1.807) is 0 Å². The summed E-state index contributed by atoms with van der Waals surface area (Å²) >= 11 is 0. The minimum atomic E-state index is 0.977. The monoisotopic (exact) mass is 361 g/mol. The molecule has 4 aromatic carbocycles. The largest absolute Gasteiger partial charge is 0.253 e. The van der Waals surface area contributed by atoms with Gasteiger partial charge < -0.3 is 0 Å². The first-order chi connectivity index (χ1) is 13.7. The molecule has 0 heterocycles. The number of rotatable bonds is 4. The van der Waals surface area contributed by atoms with E-state index < -0.39 is 0 Å². The molecule has 0 saturated heterocycles. The average molecular weight is 361 g/mol. The Hall–Kier alpha value is -3.45. The van der Waals surface area contributed by atoms with Crippen molar-refractivity contribution in [1.29, 1.82) is 0 Å². The normalized spacial score (nSPS) is 11.4. The molecular weight excluding hydrogens is 338 g/mol. The van der Waals surface area contributed by atoms with Crippen LogP contribution in [0.2, 0.25) is 0 Å². The van der Waals surface area contributed by atoms with Gasteiger partial charge in [-0.25, -0.2) is 0 Å². The number of hydrogen-bond donors (Lipinski definition) is 0. The summed E-state index contributed by atoms with van der Waals surface area (Å²) in [4.78, 5) is 4.96. The Morgan fingerprint density at radius 2 is 1.07 bits per heavy atom. The molecule has 4 rings (SSSR count). The fourth-order valence-corrected chi connectivity index (χ4v) is 3.53. The molecule has 0 aliphatic carbocycles. The second-order valence-corrected chi connectivity index (χ2v) is 6.99. The van der Waals surface area contributed by atoms with Crippen LogP contribution in [0, 0.1) is 6.92 Å². The van der Waals surface area contributed by atoms with E-state index in [-0.39, 0.29) is 0 Å². The molecule has 0 aliphatic rings. The van der Waals surface area contributed by atoms with Gasteiger partial charge in [0.25, 0.3) is 0 Å². The molecule has 0 radical (unpaired) electrons. The van der Waals surface area contributed by atoms with Gasteiger partial charge in [0.1, 0.15) is 0 Å². The van der Waals surface area contributed by atoms with Gasteiger partial charge in [0.05, 0.1) is 5.69 Å². The molecule has 4 aromatic rings. The van der Waals surface area contributed by atoms with Gasteiger partial charge in [-0.3, -0.25) is 4.99 Å².